The van der Waals surface area contributed by atoms with Crippen LogP contribution in [0.4, 0.5) is 4.79 Å². The molecule has 0 atom stereocenters. The molecule has 10 heteroatoms. The van der Waals surface area contributed by atoms with Gasteiger partial charge in [-0.25, -0.2) is 12.5 Å². The molecule has 5 nitrogen and oxygen atoms in total. The average molecular weight is 223 g/mol. The van der Waals surface area contributed by atoms with Gasteiger partial charge < -0.3 is 5.23 Å². The lowest BCUT2D eigenvalue weighted by atomic mass is 9.54. The summed E-state index contributed by atoms with van der Waals surface area (Å²) in [5.74, 6) is 0. The molecule has 0 bridgehead atoms. The lowest BCUT2D eigenvalue weighted by Crippen LogP contribution is -2.33. The van der Waals surface area contributed by atoms with E-state index < -0.39 is 5.24 Å². The number of thiol groups is 2. The van der Waals surface area contributed by atoms with Gasteiger partial charge in [-0.2, -0.15) is 0 Å². The molecule has 1 amide bonds. The molecule has 1 rings (SSSR count). The molecule has 14 heavy (non-hydrogen) atoms. The van der Waals surface area contributed by atoms with Gasteiger partial charge in [0.05, 0.1) is 5.59 Å². The van der Waals surface area contributed by atoms with Gasteiger partial charge in [0.15, 0.2) is 0 Å². The summed E-state index contributed by atoms with van der Waals surface area (Å²) < 4.78 is 1.61. The third kappa shape index (κ3) is 4.14. The van der Waals surface area contributed by atoms with Gasteiger partial charge in [0.2, 0.25) is 0 Å². The Labute approximate surface area is 94.8 Å². The number of hydrogen-bond donors (Lipinski definition) is 3. The molecule has 0 unspecified atom stereocenters. The largest absolute Gasteiger partial charge is 0.388 e. The van der Waals surface area contributed by atoms with Crippen molar-refractivity contribution in [2.75, 3.05) is 0 Å². The highest BCUT2D eigenvalue weighted by Gasteiger charge is 2.04. The van der Waals surface area contributed by atoms with E-state index in [2.05, 4.69) is 40.6 Å². The molecule has 0 aliphatic carbocycles. The van der Waals surface area contributed by atoms with E-state index in [1.807, 2.05) is 7.17 Å². The van der Waals surface area contributed by atoms with E-state index in [4.69, 9.17) is 0 Å². The lowest BCUT2D eigenvalue weighted by molar-refractivity contribution is 0.265. The van der Waals surface area contributed by atoms with Crippen molar-refractivity contribution < 1.29 is 4.79 Å². The summed E-state index contributed by atoms with van der Waals surface area (Å²) in [6.07, 6.45) is 3.91. The number of carbonyl (C=O) groups excluding carboxylic acids is 1. The fourth-order valence-corrected chi connectivity index (χ4v) is 0.918. The molecule has 3 radical (unpaired) electrons. The number of amides is 1. The van der Waals surface area contributed by atoms with Crippen LogP contribution in [0.2, 0.25) is 0 Å². The van der Waals surface area contributed by atoms with Crippen molar-refractivity contribution >= 4 is 57.0 Å². The first-order valence-corrected chi connectivity index (χ1v) is 4.71. The standard InChI is InChI=1S/C4H6B3N4OS2/c12-4(13)8-6-3-1-11(10-9-3)2-5-7-14/h1,14H,2H2,(H2,8,12,13). The molecule has 69 valence electrons. The van der Waals surface area contributed by atoms with Crippen LogP contribution in [-0.2, 0) is 6.44 Å². The topological polar surface area (TPSA) is 59.8 Å². The maximum absolute atomic E-state index is 10.4. The van der Waals surface area contributed by atoms with Crippen LogP contribution in [0, 0.1) is 0 Å². The van der Waals surface area contributed by atoms with Crippen LogP contribution in [0.3, 0.4) is 0 Å². The van der Waals surface area contributed by atoms with Gasteiger partial charge >= 0.3 is 7.41 Å². The smallest absolute Gasteiger partial charge is 0.313 e. The van der Waals surface area contributed by atoms with Crippen molar-refractivity contribution in [2.45, 2.75) is 6.44 Å². The number of aromatic nitrogens is 3. The van der Waals surface area contributed by atoms with Gasteiger partial charge in [-0.15, -0.1) is 5.10 Å². The number of nitrogens with one attached hydrogen (secondary N) is 1. The van der Waals surface area contributed by atoms with Gasteiger partial charge in [-0.1, -0.05) is 17.8 Å². The summed E-state index contributed by atoms with van der Waals surface area (Å²) in [5.41, 5.74) is 0.569. The molecule has 0 aliphatic rings. The molecule has 1 aromatic heterocycles. The summed E-state index contributed by atoms with van der Waals surface area (Å²) in [7, 11) is 3.25. The highest BCUT2D eigenvalue weighted by Crippen LogP contribution is 1.78. The van der Waals surface area contributed by atoms with Crippen LogP contribution in [0.1, 0.15) is 0 Å². The van der Waals surface area contributed by atoms with Crippen LogP contribution in [-0.4, -0.2) is 41.3 Å². The molecular weight excluding hydrogens is 217 g/mol. The Morgan fingerprint density at radius 3 is 3.14 bits per heavy atom. The Morgan fingerprint density at radius 1 is 1.71 bits per heavy atom. The van der Waals surface area contributed by atoms with Crippen LogP contribution in [0.5, 0.6) is 0 Å². The third-order valence-electron chi connectivity index (χ3n) is 1.30. The van der Waals surface area contributed by atoms with Gasteiger partial charge in [0.1, 0.15) is 13.6 Å². The summed E-state index contributed by atoms with van der Waals surface area (Å²) in [6.45, 7) is 0. The highest BCUT2D eigenvalue weighted by molar-refractivity contribution is 8.12. The van der Waals surface area contributed by atoms with Crippen LogP contribution >= 0.6 is 25.1 Å². The Balaban J connectivity index is 2.38. The van der Waals surface area contributed by atoms with E-state index >= 15 is 0 Å². The molecule has 0 saturated heterocycles. The predicted molar refractivity (Wildman–Crippen MR) is 63.4 cm³/mol. The second-order valence-corrected chi connectivity index (χ2v) is 3.05. The second kappa shape index (κ2) is 6.08. The zero-order valence-corrected chi connectivity index (χ0v) is 8.95. The van der Waals surface area contributed by atoms with Crippen molar-refractivity contribution in [3.63, 3.8) is 0 Å². The first-order chi connectivity index (χ1) is 6.72. The van der Waals surface area contributed by atoms with Crippen molar-refractivity contribution in [3.8, 4) is 0 Å². The first-order valence-electron chi connectivity index (χ1n) is 3.74. The van der Waals surface area contributed by atoms with Crippen molar-refractivity contribution in [1.29, 1.82) is 0 Å². The maximum atomic E-state index is 10.4. The quantitative estimate of drug-likeness (QED) is 0.411. The van der Waals surface area contributed by atoms with E-state index in [0.717, 1.165) is 0 Å². The fourth-order valence-electron chi connectivity index (χ4n) is 0.760. The fraction of sp³-hybridized carbons (Fsp3) is 0.250. The lowest BCUT2D eigenvalue weighted by Gasteiger charge is -1.94. The zero-order valence-electron chi connectivity index (χ0n) is 7.16. The molecule has 0 fully saturated rings. The Kier molecular flexibility index (Phi) is 5.03. The van der Waals surface area contributed by atoms with Crippen LogP contribution in [0.25, 0.3) is 0 Å². The summed E-state index contributed by atoms with van der Waals surface area (Å²) in [5, 5.41) is 9.54. The number of carbonyl (C=O) groups is 1. The Bertz CT molecular complexity index is 309. The normalized spacial score (nSPS) is 9.29. The van der Waals surface area contributed by atoms with E-state index in [0.29, 0.717) is 12.0 Å². The van der Waals surface area contributed by atoms with Crippen LogP contribution < -0.4 is 10.8 Å². The van der Waals surface area contributed by atoms with E-state index in [1.54, 1.807) is 17.3 Å². The molecule has 0 saturated carbocycles. The van der Waals surface area contributed by atoms with Gasteiger partial charge in [0.25, 0.3) is 5.24 Å². The van der Waals surface area contributed by atoms with Gasteiger partial charge in [-0.05, 0) is 0 Å². The predicted octanol–water partition coefficient (Wildman–Crippen LogP) is -1.71. The number of hydrogen-bond acceptors (Lipinski definition) is 4. The van der Waals surface area contributed by atoms with E-state index in [9.17, 15) is 4.79 Å². The van der Waals surface area contributed by atoms with E-state index in [-0.39, 0.29) is 0 Å². The SMILES string of the molecule is O=C(S)N[B]c1cn(C[B][B]S)nn1. The summed E-state index contributed by atoms with van der Waals surface area (Å²) >= 11 is 7.44. The third-order valence-corrected chi connectivity index (χ3v) is 1.64. The van der Waals surface area contributed by atoms with E-state index in [1.165, 1.54) is 7.41 Å². The first kappa shape index (κ1) is 11.6. The van der Waals surface area contributed by atoms with Gasteiger partial charge in [0, 0.05) is 12.6 Å². The minimum absolute atomic E-state index is 0.435. The summed E-state index contributed by atoms with van der Waals surface area (Å²) in [4.78, 5) is 10.4. The number of rotatable bonds is 5. The average Bonchev–Trinajstić information content (AvgIpc) is 2.59. The number of nitrogens with zero attached hydrogens (tertiary/aromatic N) is 3. The Hall–Kier alpha value is -0.495. The molecule has 1 aromatic rings. The highest BCUT2D eigenvalue weighted by atomic mass is 32.1. The molecule has 0 aliphatic heterocycles. The monoisotopic (exact) mass is 223 g/mol. The van der Waals surface area contributed by atoms with Crippen molar-refractivity contribution in [2.24, 2.45) is 0 Å². The van der Waals surface area contributed by atoms with Crippen molar-refractivity contribution in [3.05, 3.63) is 6.20 Å². The van der Waals surface area contributed by atoms with Crippen molar-refractivity contribution in [1.82, 2.24) is 20.2 Å². The minimum atomic E-state index is -0.435. The Morgan fingerprint density at radius 2 is 2.50 bits per heavy atom. The summed E-state index contributed by atoms with van der Waals surface area (Å²) in [6, 6.07) is 0. The minimum Gasteiger partial charge on any atom is -0.388 e. The maximum Gasteiger partial charge on any atom is 0.313 e. The van der Waals surface area contributed by atoms with Crippen LogP contribution in [0.15, 0.2) is 6.20 Å². The molecule has 0 spiro atoms. The zero-order chi connectivity index (χ0) is 10.4. The molecule has 1 heterocycles. The van der Waals surface area contributed by atoms with Gasteiger partial charge in [-0.3, -0.25) is 9.48 Å². The molecule has 1 N–H and O–H groups in total. The second-order valence-electron chi connectivity index (χ2n) is 2.34. The molecular formula is C4H6B3N4OS2. The molecule has 0 aromatic carbocycles.